The fraction of sp³-hybridized carbons (Fsp3) is 0.250. The average Bonchev–Trinajstić information content (AvgIpc) is 3.20. The number of nitrogens with zero attached hydrogens (tertiary/aromatic N) is 2. The van der Waals surface area contributed by atoms with Crippen molar-refractivity contribution in [3.05, 3.63) is 94.5 Å². The van der Waals surface area contributed by atoms with Gasteiger partial charge in [0.2, 0.25) is 0 Å². The van der Waals surface area contributed by atoms with Gasteiger partial charge < -0.3 is 29.9 Å². The molecule has 0 radical (unpaired) electrons. The Morgan fingerprint density at radius 1 is 1.03 bits per heavy atom. The number of benzene rings is 2. The van der Waals surface area contributed by atoms with Crippen LogP contribution in [0.3, 0.4) is 0 Å². The summed E-state index contributed by atoms with van der Waals surface area (Å²) in [4.78, 5) is 50.4. The Morgan fingerprint density at radius 2 is 1.69 bits per heavy atom. The Balaban J connectivity index is 1.32. The van der Waals surface area contributed by atoms with Crippen LogP contribution in [0.1, 0.15) is 22.1 Å². The minimum absolute atomic E-state index is 0.0514. The van der Waals surface area contributed by atoms with Crippen molar-refractivity contribution >= 4 is 25.6 Å². The first-order chi connectivity index (χ1) is 18.6. The van der Waals surface area contributed by atoms with Gasteiger partial charge in [0.15, 0.2) is 6.23 Å². The number of anilines is 1. The van der Waals surface area contributed by atoms with Crippen LogP contribution in [0.2, 0.25) is 0 Å². The van der Waals surface area contributed by atoms with E-state index in [9.17, 15) is 34.1 Å². The number of amides is 2. The lowest BCUT2D eigenvalue weighted by Crippen LogP contribution is -2.36. The van der Waals surface area contributed by atoms with E-state index in [1.54, 1.807) is 65.8 Å². The van der Waals surface area contributed by atoms with Crippen molar-refractivity contribution in [2.75, 3.05) is 11.9 Å². The van der Waals surface area contributed by atoms with Gasteiger partial charge >= 0.3 is 19.5 Å². The van der Waals surface area contributed by atoms with Crippen molar-refractivity contribution in [2.24, 2.45) is 0 Å². The molecule has 3 aromatic rings. The second-order valence-electron chi connectivity index (χ2n) is 8.36. The van der Waals surface area contributed by atoms with Crippen molar-refractivity contribution in [2.45, 2.75) is 31.1 Å². The van der Waals surface area contributed by atoms with Crippen LogP contribution < -0.4 is 16.1 Å². The molecule has 39 heavy (non-hydrogen) atoms. The molecule has 1 aliphatic rings. The van der Waals surface area contributed by atoms with Crippen LogP contribution in [0.25, 0.3) is 0 Å². The number of hydrogen-bond donors (Lipinski definition) is 5. The molecule has 1 saturated heterocycles. The number of aliphatic hydroxyl groups excluding tert-OH is 2. The highest BCUT2D eigenvalue weighted by Gasteiger charge is 2.45. The van der Waals surface area contributed by atoms with Gasteiger partial charge in [0.25, 0.3) is 5.91 Å². The van der Waals surface area contributed by atoms with Crippen LogP contribution >= 0.6 is 7.75 Å². The lowest BCUT2D eigenvalue weighted by Gasteiger charge is -2.18. The van der Waals surface area contributed by atoms with Gasteiger partial charge in [0.1, 0.15) is 30.7 Å². The lowest BCUT2D eigenvalue weighted by molar-refractivity contribution is -0.0526. The maximum Gasteiger partial charge on any atom is 0.435 e. The summed E-state index contributed by atoms with van der Waals surface area (Å²) >= 11 is 0. The number of ether oxygens (including phenoxy) is 2. The van der Waals surface area contributed by atoms with E-state index in [0.29, 0.717) is 11.1 Å². The molecule has 1 aliphatic heterocycles. The summed E-state index contributed by atoms with van der Waals surface area (Å²) in [5.74, 6) is -0.541. The van der Waals surface area contributed by atoms with Gasteiger partial charge in [-0.3, -0.25) is 13.9 Å². The molecule has 0 saturated carbocycles. The zero-order valence-electron chi connectivity index (χ0n) is 20.2. The van der Waals surface area contributed by atoms with E-state index in [2.05, 4.69) is 10.3 Å². The monoisotopic (exact) mass is 560 g/mol. The number of aromatic nitrogens is 2. The van der Waals surface area contributed by atoms with E-state index in [4.69, 9.17) is 14.0 Å². The number of nitrogens with one attached hydrogen (secondary N) is 2. The number of carbonyl (C=O) groups excluding carboxylic acids is 2. The Labute approximate surface area is 221 Å². The summed E-state index contributed by atoms with van der Waals surface area (Å²) < 4.78 is 28.3. The van der Waals surface area contributed by atoms with E-state index in [1.807, 2.05) is 0 Å². The van der Waals surface area contributed by atoms with Crippen molar-refractivity contribution in [1.82, 2.24) is 14.6 Å². The van der Waals surface area contributed by atoms with Gasteiger partial charge in [-0.25, -0.2) is 19.2 Å². The molecule has 5 N–H and O–H groups in total. The van der Waals surface area contributed by atoms with E-state index in [1.165, 1.54) is 12.3 Å². The SMILES string of the molecule is O=C(NP(=O)(O)OC[C@H]1O[C@@H](n2ccc(NC(=O)c3ccccc3)nc2=O)[C@H](O)[C@@H]1O)OCc1ccccc1. The molecule has 2 aromatic carbocycles. The van der Waals surface area contributed by atoms with Crippen molar-refractivity contribution in [1.29, 1.82) is 0 Å². The molecule has 5 atom stereocenters. The molecule has 2 amide bonds. The molecule has 15 heteroatoms. The maximum atomic E-state index is 12.6. The van der Waals surface area contributed by atoms with Crippen LogP contribution in [0.15, 0.2) is 77.7 Å². The molecule has 0 bridgehead atoms. The minimum Gasteiger partial charge on any atom is -0.444 e. The first-order valence-corrected chi connectivity index (χ1v) is 13.1. The lowest BCUT2D eigenvalue weighted by atomic mass is 10.1. The summed E-state index contributed by atoms with van der Waals surface area (Å²) in [6.45, 7) is -0.878. The fourth-order valence-corrected chi connectivity index (χ4v) is 4.34. The van der Waals surface area contributed by atoms with E-state index in [0.717, 1.165) is 4.57 Å². The van der Waals surface area contributed by atoms with Crippen molar-refractivity contribution in [3.8, 4) is 0 Å². The molecule has 14 nitrogen and oxygen atoms in total. The van der Waals surface area contributed by atoms with Crippen LogP contribution in [0.5, 0.6) is 0 Å². The topological polar surface area (TPSA) is 199 Å². The normalized spacial score (nSPS) is 22.0. The largest absolute Gasteiger partial charge is 0.444 e. The van der Waals surface area contributed by atoms with Gasteiger partial charge in [0, 0.05) is 11.8 Å². The molecular weight excluding hydrogens is 535 g/mol. The number of hydrogen-bond acceptors (Lipinski definition) is 10. The van der Waals surface area contributed by atoms with Crippen LogP contribution in [0, 0.1) is 0 Å². The van der Waals surface area contributed by atoms with Crippen LogP contribution in [-0.2, 0) is 25.2 Å². The van der Waals surface area contributed by atoms with Gasteiger partial charge in [-0.15, -0.1) is 0 Å². The van der Waals surface area contributed by atoms with E-state index < -0.39 is 56.6 Å². The number of carbonyl (C=O) groups is 2. The second-order valence-corrected chi connectivity index (χ2v) is 9.88. The highest BCUT2D eigenvalue weighted by Crippen LogP contribution is 2.39. The molecule has 206 valence electrons. The van der Waals surface area contributed by atoms with Crippen LogP contribution in [0.4, 0.5) is 10.6 Å². The molecule has 2 heterocycles. The summed E-state index contributed by atoms with van der Waals surface area (Å²) in [7, 11) is -4.73. The Bertz CT molecular complexity index is 1400. The third kappa shape index (κ3) is 7.35. The minimum atomic E-state index is -4.73. The molecule has 1 fully saturated rings. The zero-order valence-corrected chi connectivity index (χ0v) is 21.1. The molecule has 0 aliphatic carbocycles. The second kappa shape index (κ2) is 12.3. The summed E-state index contributed by atoms with van der Waals surface area (Å²) in [6.07, 6.45) is -6.05. The van der Waals surface area contributed by atoms with Crippen molar-refractivity contribution < 1.29 is 43.3 Å². The van der Waals surface area contributed by atoms with Crippen LogP contribution in [-0.4, -0.2) is 61.6 Å². The van der Waals surface area contributed by atoms with Gasteiger partial charge in [-0.1, -0.05) is 48.5 Å². The Morgan fingerprint density at radius 3 is 2.36 bits per heavy atom. The number of aliphatic hydroxyl groups is 2. The molecule has 4 rings (SSSR count). The van der Waals surface area contributed by atoms with Gasteiger partial charge in [0.05, 0.1) is 6.61 Å². The highest BCUT2D eigenvalue weighted by molar-refractivity contribution is 7.51. The summed E-state index contributed by atoms with van der Waals surface area (Å²) in [5.41, 5.74) is 0.0960. The third-order valence-electron chi connectivity index (χ3n) is 5.58. The van der Waals surface area contributed by atoms with Gasteiger partial charge in [-0.05, 0) is 23.8 Å². The molecule has 1 aromatic heterocycles. The van der Waals surface area contributed by atoms with Gasteiger partial charge in [-0.2, -0.15) is 4.98 Å². The quantitative estimate of drug-likeness (QED) is 0.235. The molecule has 0 spiro atoms. The average molecular weight is 560 g/mol. The smallest absolute Gasteiger partial charge is 0.435 e. The fourth-order valence-electron chi connectivity index (χ4n) is 3.63. The predicted octanol–water partition coefficient (Wildman–Crippen LogP) is 1.16. The van der Waals surface area contributed by atoms with E-state index in [-0.39, 0.29) is 12.4 Å². The third-order valence-corrected chi connectivity index (χ3v) is 6.54. The van der Waals surface area contributed by atoms with Crippen molar-refractivity contribution in [3.63, 3.8) is 0 Å². The maximum absolute atomic E-state index is 12.6. The summed E-state index contributed by atoms with van der Waals surface area (Å²) in [5, 5.41) is 24.9. The predicted molar refractivity (Wildman–Crippen MR) is 134 cm³/mol. The summed E-state index contributed by atoms with van der Waals surface area (Å²) in [6, 6.07) is 18.2. The standard InChI is InChI=1S/C24H25N4O10P/c29-19-17(14-37-39(34,35)27-24(33)36-13-15-7-3-1-4-8-15)38-22(20(19)30)28-12-11-18(26-23(28)32)25-21(31)16-9-5-2-6-10-16/h1-12,17,19-20,22,29-30H,13-14H2,(H,25,26,31,32)(H2,27,33,34,35)/t17-,19-,20-,22-/m1/s1. The first kappa shape index (κ1) is 28.1. The Kier molecular flexibility index (Phi) is 8.86. The van der Waals surface area contributed by atoms with E-state index >= 15 is 0 Å². The first-order valence-electron chi connectivity index (χ1n) is 11.6. The molecular formula is C24H25N4O10P. The molecule has 1 unspecified atom stereocenters. The highest BCUT2D eigenvalue weighted by atomic mass is 31.2. The number of rotatable bonds is 9. The zero-order chi connectivity index (χ0) is 28.0. The Hall–Kier alpha value is -3.91.